The third-order valence-corrected chi connectivity index (χ3v) is 2.92. The minimum Gasteiger partial charge on any atom is -0.357 e. The zero-order chi connectivity index (χ0) is 12.2. The summed E-state index contributed by atoms with van der Waals surface area (Å²) in [7, 11) is 0. The molecule has 2 heterocycles. The van der Waals surface area contributed by atoms with Crippen LogP contribution in [0.4, 0.5) is 0 Å². The van der Waals surface area contributed by atoms with Gasteiger partial charge in [0.25, 0.3) is 0 Å². The van der Waals surface area contributed by atoms with E-state index in [4.69, 9.17) is 0 Å². The first-order valence-corrected chi connectivity index (χ1v) is 5.94. The molecule has 3 rings (SSSR count). The summed E-state index contributed by atoms with van der Waals surface area (Å²) >= 11 is 0. The summed E-state index contributed by atoms with van der Waals surface area (Å²) in [4.78, 5) is 6.42. The Hall–Kier alpha value is -2.24. The Labute approximate surface area is 105 Å². The largest absolute Gasteiger partial charge is 0.357 e. The van der Waals surface area contributed by atoms with Gasteiger partial charge < -0.3 is 4.90 Å². The second-order valence-electron chi connectivity index (χ2n) is 4.31. The monoisotopic (exact) mass is 242 g/mol. The van der Waals surface area contributed by atoms with Crippen LogP contribution in [0.15, 0.2) is 29.3 Å². The summed E-state index contributed by atoms with van der Waals surface area (Å²) in [6.45, 7) is 2.85. The molecule has 6 heteroatoms. The maximum absolute atomic E-state index is 4.20. The minimum atomic E-state index is 0.710. The lowest BCUT2D eigenvalue weighted by Gasteiger charge is -2.13. The highest BCUT2D eigenvalue weighted by Crippen LogP contribution is 2.10. The van der Waals surface area contributed by atoms with E-state index >= 15 is 0 Å². The molecule has 1 aliphatic heterocycles. The predicted molar refractivity (Wildman–Crippen MR) is 67.2 cm³/mol. The lowest BCUT2D eigenvalue weighted by molar-refractivity contribution is 0.463. The number of tetrazole rings is 1. The Bertz CT molecular complexity index is 516. The van der Waals surface area contributed by atoms with E-state index < -0.39 is 0 Å². The molecule has 0 saturated carbocycles. The fourth-order valence-corrected chi connectivity index (χ4v) is 1.97. The van der Waals surface area contributed by atoms with E-state index in [9.17, 15) is 0 Å². The molecule has 6 nitrogen and oxygen atoms in total. The minimum absolute atomic E-state index is 0.710. The molecule has 1 N–H and O–H groups in total. The summed E-state index contributed by atoms with van der Waals surface area (Å²) in [6, 6.07) is 8.50. The maximum Gasteiger partial charge on any atom is 0.178 e. The Morgan fingerprint density at radius 1 is 1.17 bits per heavy atom. The van der Waals surface area contributed by atoms with E-state index in [2.05, 4.69) is 54.8 Å². The van der Waals surface area contributed by atoms with E-state index in [-0.39, 0.29) is 0 Å². The highest BCUT2D eigenvalue weighted by molar-refractivity contribution is 5.57. The van der Waals surface area contributed by atoms with E-state index in [0.29, 0.717) is 6.42 Å². The number of hydrogen-bond acceptors (Lipinski definition) is 5. The number of aromatic amines is 1. The first kappa shape index (κ1) is 10.9. The fraction of sp³-hybridized carbons (Fsp3) is 0.333. The summed E-state index contributed by atoms with van der Waals surface area (Å²) in [5, 5.41) is 13.9. The van der Waals surface area contributed by atoms with Gasteiger partial charge >= 0.3 is 0 Å². The van der Waals surface area contributed by atoms with Gasteiger partial charge in [-0.2, -0.15) is 5.21 Å². The molecule has 0 aliphatic carbocycles. The number of rotatable bonds is 4. The van der Waals surface area contributed by atoms with E-state index in [1.165, 1.54) is 11.1 Å². The number of aromatic nitrogens is 4. The fourth-order valence-electron chi connectivity index (χ4n) is 1.97. The van der Waals surface area contributed by atoms with Gasteiger partial charge in [0.2, 0.25) is 0 Å². The van der Waals surface area contributed by atoms with Crippen molar-refractivity contribution in [2.75, 3.05) is 13.1 Å². The van der Waals surface area contributed by atoms with Crippen molar-refractivity contribution in [2.24, 2.45) is 4.99 Å². The van der Waals surface area contributed by atoms with Crippen molar-refractivity contribution in [3.05, 3.63) is 41.2 Å². The molecule has 0 atom stereocenters. The van der Waals surface area contributed by atoms with Crippen LogP contribution < -0.4 is 0 Å². The topological polar surface area (TPSA) is 70.1 Å². The lowest BCUT2D eigenvalue weighted by Crippen LogP contribution is -2.18. The van der Waals surface area contributed by atoms with Gasteiger partial charge in [-0.15, -0.1) is 10.2 Å². The van der Waals surface area contributed by atoms with Gasteiger partial charge in [0.05, 0.1) is 12.9 Å². The van der Waals surface area contributed by atoms with Crippen LogP contribution in [0, 0.1) is 0 Å². The Balaban J connectivity index is 1.63. The van der Waals surface area contributed by atoms with E-state index in [0.717, 1.165) is 25.5 Å². The van der Waals surface area contributed by atoms with Crippen LogP contribution in [0.5, 0.6) is 0 Å². The number of H-pyrrole nitrogens is 1. The standard InChI is InChI=1S/C12H14N6/c1-3-11(8-18-6-5-13-9-18)4-2-10(1)7-12-14-16-17-15-12/h1-4,9H,5-8H2,(H,14,15,16,17). The van der Waals surface area contributed by atoms with E-state index in [1.54, 1.807) is 0 Å². The summed E-state index contributed by atoms with van der Waals surface area (Å²) < 4.78 is 0. The van der Waals surface area contributed by atoms with Crippen LogP contribution in [-0.2, 0) is 13.0 Å². The molecule has 18 heavy (non-hydrogen) atoms. The van der Waals surface area contributed by atoms with Crippen molar-refractivity contribution in [1.82, 2.24) is 25.5 Å². The van der Waals surface area contributed by atoms with Crippen LogP contribution in [0.1, 0.15) is 17.0 Å². The zero-order valence-electron chi connectivity index (χ0n) is 9.95. The molecule has 0 unspecified atom stereocenters. The Morgan fingerprint density at radius 3 is 2.67 bits per heavy atom. The zero-order valence-corrected chi connectivity index (χ0v) is 9.95. The van der Waals surface area contributed by atoms with Crippen molar-refractivity contribution < 1.29 is 0 Å². The van der Waals surface area contributed by atoms with Crippen molar-refractivity contribution >= 4 is 6.34 Å². The normalized spacial score (nSPS) is 14.3. The first-order chi connectivity index (χ1) is 8.90. The van der Waals surface area contributed by atoms with Crippen LogP contribution in [0.25, 0.3) is 0 Å². The average molecular weight is 242 g/mol. The first-order valence-electron chi connectivity index (χ1n) is 5.94. The van der Waals surface area contributed by atoms with Crippen LogP contribution in [-0.4, -0.2) is 45.0 Å². The molecule has 2 aromatic rings. The van der Waals surface area contributed by atoms with Gasteiger partial charge in [0, 0.05) is 19.5 Å². The Morgan fingerprint density at radius 2 is 2.00 bits per heavy atom. The molecule has 0 radical (unpaired) electrons. The van der Waals surface area contributed by atoms with Gasteiger partial charge in [-0.3, -0.25) is 4.99 Å². The van der Waals surface area contributed by atoms with E-state index in [1.807, 2.05) is 6.34 Å². The number of nitrogens with zero attached hydrogens (tertiary/aromatic N) is 5. The second-order valence-corrected chi connectivity index (χ2v) is 4.31. The van der Waals surface area contributed by atoms with Gasteiger partial charge in [0.1, 0.15) is 0 Å². The van der Waals surface area contributed by atoms with Gasteiger partial charge in [-0.25, -0.2) is 0 Å². The molecule has 1 aromatic carbocycles. The van der Waals surface area contributed by atoms with Crippen molar-refractivity contribution in [2.45, 2.75) is 13.0 Å². The molecule has 92 valence electrons. The summed E-state index contributed by atoms with van der Waals surface area (Å²) in [5.74, 6) is 0.717. The summed E-state index contributed by atoms with van der Waals surface area (Å²) in [5.41, 5.74) is 2.48. The molecular formula is C12H14N6. The number of hydrogen-bond donors (Lipinski definition) is 1. The average Bonchev–Trinajstić information content (AvgIpc) is 3.05. The lowest BCUT2D eigenvalue weighted by atomic mass is 10.1. The highest BCUT2D eigenvalue weighted by atomic mass is 15.5. The van der Waals surface area contributed by atoms with Crippen LogP contribution >= 0.6 is 0 Å². The second kappa shape index (κ2) is 4.95. The molecular weight excluding hydrogens is 228 g/mol. The maximum atomic E-state index is 4.20. The third-order valence-electron chi connectivity index (χ3n) is 2.92. The SMILES string of the molecule is C1=NCCN1Cc1ccc(Cc2nn[nH]n2)cc1. The summed E-state index contributed by atoms with van der Waals surface area (Å²) in [6.07, 6.45) is 2.63. The Kier molecular flexibility index (Phi) is 2.99. The van der Waals surface area contributed by atoms with Crippen molar-refractivity contribution in [3.63, 3.8) is 0 Å². The molecule has 0 fully saturated rings. The number of nitrogens with one attached hydrogen (secondary N) is 1. The third kappa shape index (κ3) is 2.53. The molecule has 1 aromatic heterocycles. The van der Waals surface area contributed by atoms with Crippen molar-refractivity contribution in [1.29, 1.82) is 0 Å². The molecule has 0 bridgehead atoms. The highest BCUT2D eigenvalue weighted by Gasteiger charge is 2.06. The molecule has 0 spiro atoms. The van der Waals surface area contributed by atoms with Crippen LogP contribution in [0.2, 0.25) is 0 Å². The molecule has 0 saturated heterocycles. The van der Waals surface area contributed by atoms with Gasteiger partial charge in [-0.1, -0.05) is 29.5 Å². The predicted octanol–water partition coefficient (Wildman–Crippen LogP) is 0.634. The smallest absolute Gasteiger partial charge is 0.178 e. The number of aliphatic imine (C=N–C) groups is 1. The molecule has 1 aliphatic rings. The van der Waals surface area contributed by atoms with Crippen LogP contribution in [0.3, 0.4) is 0 Å². The van der Waals surface area contributed by atoms with Crippen molar-refractivity contribution in [3.8, 4) is 0 Å². The van der Waals surface area contributed by atoms with Gasteiger partial charge in [-0.05, 0) is 11.1 Å². The number of benzene rings is 1. The molecule has 0 amide bonds. The van der Waals surface area contributed by atoms with Gasteiger partial charge in [0.15, 0.2) is 5.82 Å². The quantitative estimate of drug-likeness (QED) is 0.854.